The van der Waals surface area contributed by atoms with E-state index < -0.39 is 17.6 Å². The van der Waals surface area contributed by atoms with Crippen LogP contribution in [0.15, 0.2) is 59.4 Å². The Labute approximate surface area is 241 Å². The summed E-state index contributed by atoms with van der Waals surface area (Å²) in [5, 5.41) is 8.45. The molecule has 11 heteroatoms. The van der Waals surface area contributed by atoms with Gasteiger partial charge in [-0.1, -0.05) is 12.1 Å². The fraction of sp³-hybridized carbons (Fsp3) is 0.400. The van der Waals surface area contributed by atoms with Gasteiger partial charge in [0, 0.05) is 74.2 Å². The van der Waals surface area contributed by atoms with E-state index in [9.17, 15) is 9.59 Å². The number of halogens is 1. The van der Waals surface area contributed by atoms with E-state index in [0.717, 1.165) is 68.1 Å². The minimum atomic E-state index is -1.73. The molecule has 7 rings (SSSR count). The standard InChI is InChI=1S/C30H32FN7O2S/c1-30(31)16-20(19-4-6-21(7-5-19)36-12-8-32-9-13-36)15-22-23(30)17-38(28(22)40)26(27(39)35-29-33-10-14-41-29)25-24-3-2-11-37(24)18-34-25/h4-7,10,14-15,18,26,32H,2-3,8-9,11-13,16-17H2,1H3,(H,33,35,39). The van der Waals surface area contributed by atoms with Gasteiger partial charge in [-0.05, 0) is 54.7 Å². The predicted octanol–water partition coefficient (Wildman–Crippen LogP) is 3.73. The number of anilines is 2. The number of nitrogens with zero attached hydrogens (tertiary/aromatic N) is 5. The maximum absolute atomic E-state index is 16.4. The molecule has 4 aliphatic rings. The fourth-order valence-electron chi connectivity index (χ4n) is 6.50. The number of aryl methyl sites for hydroxylation is 1. The summed E-state index contributed by atoms with van der Waals surface area (Å²) >= 11 is 1.30. The number of carbonyl (C=O) groups excluding carboxylic acids is 2. The molecule has 0 spiro atoms. The third kappa shape index (κ3) is 4.66. The van der Waals surface area contributed by atoms with Crippen LogP contribution in [0.4, 0.5) is 15.2 Å². The Morgan fingerprint density at radius 2 is 1.98 bits per heavy atom. The van der Waals surface area contributed by atoms with Gasteiger partial charge in [0.2, 0.25) is 0 Å². The molecule has 1 aromatic carbocycles. The van der Waals surface area contributed by atoms with E-state index in [-0.39, 0.29) is 18.9 Å². The zero-order valence-corrected chi connectivity index (χ0v) is 23.7. The molecular weight excluding hydrogens is 541 g/mol. The maximum Gasteiger partial charge on any atom is 0.255 e. The van der Waals surface area contributed by atoms with Gasteiger partial charge in [0.1, 0.15) is 5.67 Å². The first kappa shape index (κ1) is 26.1. The van der Waals surface area contributed by atoms with Crippen molar-refractivity contribution in [2.75, 3.05) is 42.9 Å². The zero-order valence-electron chi connectivity index (χ0n) is 22.9. The van der Waals surface area contributed by atoms with Crippen LogP contribution in [0.25, 0.3) is 5.57 Å². The number of nitrogens with one attached hydrogen (secondary N) is 2. The molecule has 3 aliphatic heterocycles. The van der Waals surface area contributed by atoms with E-state index in [2.05, 4.69) is 37.6 Å². The Kier molecular flexibility index (Phi) is 6.50. The van der Waals surface area contributed by atoms with Crippen molar-refractivity contribution in [2.24, 2.45) is 0 Å². The average molecular weight is 574 g/mol. The maximum atomic E-state index is 16.4. The smallest absolute Gasteiger partial charge is 0.255 e. The molecule has 1 saturated heterocycles. The molecule has 1 aliphatic carbocycles. The molecule has 5 heterocycles. The number of amides is 2. The van der Waals surface area contributed by atoms with Gasteiger partial charge in [-0.2, -0.15) is 0 Å². The first-order valence-corrected chi connectivity index (χ1v) is 15.0. The van der Waals surface area contributed by atoms with Gasteiger partial charge in [0.15, 0.2) is 11.2 Å². The molecule has 0 radical (unpaired) electrons. The molecule has 2 unspecified atom stereocenters. The lowest BCUT2D eigenvalue weighted by molar-refractivity contribution is -0.134. The van der Waals surface area contributed by atoms with E-state index in [1.165, 1.54) is 16.2 Å². The highest BCUT2D eigenvalue weighted by Crippen LogP contribution is 2.46. The number of alkyl halides is 1. The van der Waals surface area contributed by atoms with Crippen LogP contribution >= 0.6 is 11.3 Å². The summed E-state index contributed by atoms with van der Waals surface area (Å²) in [6, 6.07) is 7.18. The fourth-order valence-corrected chi connectivity index (χ4v) is 7.04. The normalized spacial score (nSPS) is 23.0. The van der Waals surface area contributed by atoms with Crippen molar-refractivity contribution in [3.8, 4) is 0 Å². The molecular formula is C30H32FN7O2S. The van der Waals surface area contributed by atoms with Gasteiger partial charge in [-0.15, -0.1) is 11.3 Å². The highest BCUT2D eigenvalue weighted by Gasteiger charge is 2.48. The van der Waals surface area contributed by atoms with Crippen molar-refractivity contribution in [2.45, 2.75) is 44.4 Å². The lowest BCUT2D eigenvalue weighted by Gasteiger charge is -2.30. The minimum absolute atomic E-state index is 0.0368. The summed E-state index contributed by atoms with van der Waals surface area (Å²) in [5.41, 5.74) is 3.35. The van der Waals surface area contributed by atoms with Gasteiger partial charge in [-0.25, -0.2) is 14.4 Å². The lowest BCUT2D eigenvalue weighted by atomic mass is 9.80. The summed E-state index contributed by atoms with van der Waals surface area (Å²) in [7, 11) is 0. The van der Waals surface area contributed by atoms with Gasteiger partial charge in [0.25, 0.3) is 11.8 Å². The molecule has 2 aromatic heterocycles. The SMILES string of the molecule is CC1(F)CC(c2ccc(N3CCNCC3)cc2)=CC2=C1CN(C(C(=O)Nc1nccs1)c1ncn3c1CCC3)C2=O. The number of allylic oxidation sites excluding steroid dienone is 1. The highest BCUT2D eigenvalue weighted by atomic mass is 32.1. The average Bonchev–Trinajstić information content (AvgIpc) is 3.77. The molecule has 2 atom stereocenters. The first-order valence-electron chi connectivity index (χ1n) is 14.1. The summed E-state index contributed by atoms with van der Waals surface area (Å²) in [4.78, 5) is 40.3. The van der Waals surface area contributed by atoms with Crippen LogP contribution in [0.1, 0.15) is 42.8 Å². The van der Waals surface area contributed by atoms with Crippen LogP contribution in [0, 0.1) is 0 Å². The third-order valence-corrected chi connectivity index (χ3v) is 9.30. The van der Waals surface area contributed by atoms with Crippen LogP contribution < -0.4 is 15.5 Å². The quantitative estimate of drug-likeness (QED) is 0.467. The van der Waals surface area contributed by atoms with Gasteiger partial charge < -0.3 is 19.7 Å². The Morgan fingerprint density at radius 1 is 1.17 bits per heavy atom. The number of fused-ring (bicyclic) bond motifs is 1. The van der Waals surface area contributed by atoms with Crippen molar-refractivity contribution in [1.29, 1.82) is 0 Å². The van der Waals surface area contributed by atoms with E-state index >= 15 is 4.39 Å². The Bertz CT molecular complexity index is 1550. The molecule has 2 amide bonds. The van der Waals surface area contributed by atoms with E-state index in [1.807, 2.05) is 22.8 Å². The Hall–Kier alpha value is -3.83. The second-order valence-electron chi connectivity index (χ2n) is 11.3. The Morgan fingerprint density at radius 3 is 2.73 bits per heavy atom. The molecule has 212 valence electrons. The first-order chi connectivity index (χ1) is 19.9. The van der Waals surface area contributed by atoms with Gasteiger partial charge >= 0.3 is 0 Å². The van der Waals surface area contributed by atoms with Gasteiger partial charge in [0.05, 0.1) is 12.0 Å². The number of hydrogen-bond donors (Lipinski definition) is 2. The zero-order chi connectivity index (χ0) is 28.1. The van der Waals surface area contributed by atoms with Crippen molar-refractivity contribution in [3.05, 3.63) is 76.3 Å². The van der Waals surface area contributed by atoms with Crippen LogP contribution in [0.2, 0.25) is 0 Å². The highest BCUT2D eigenvalue weighted by molar-refractivity contribution is 7.13. The largest absolute Gasteiger partial charge is 0.369 e. The number of rotatable bonds is 6. The summed E-state index contributed by atoms with van der Waals surface area (Å²) in [6.45, 7) is 6.20. The van der Waals surface area contributed by atoms with Gasteiger partial charge in [-0.3, -0.25) is 14.9 Å². The number of piperazine rings is 1. The summed E-state index contributed by atoms with van der Waals surface area (Å²) in [5.74, 6) is -0.743. The van der Waals surface area contributed by atoms with Crippen LogP contribution in [-0.4, -0.2) is 69.6 Å². The molecule has 9 nitrogen and oxygen atoms in total. The topological polar surface area (TPSA) is 95.4 Å². The van der Waals surface area contributed by atoms with Crippen molar-refractivity contribution >= 4 is 39.5 Å². The number of imidazole rings is 1. The molecule has 0 saturated carbocycles. The molecule has 3 aromatic rings. The third-order valence-electron chi connectivity index (χ3n) is 8.61. The van der Waals surface area contributed by atoms with Crippen molar-refractivity contribution in [1.82, 2.24) is 24.8 Å². The van der Waals surface area contributed by atoms with E-state index in [1.54, 1.807) is 24.8 Å². The van der Waals surface area contributed by atoms with E-state index in [0.29, 0.717) is 22.0 Å². The Balaban J connectivity index is 1.20. The number of benzene rings is 1. The summed E-state index contributed by atoms with van der Waals surface area (Å²) in [6.07, 6.45) is 7.07. The number of hydrogen-bond acceptors (Lipinski definition) is 7. The van der Waals surface area contributed by atoms with Crippen LogP contribution in [0.5, 0.6) is 0 Å². The molecule has 41 heavy (non-hydrogen) atoms. The minimum Gasteiger partial charge on any atom is -0.369 e. The second-order valence-corrected chi connectivity index (χ2v) is 12.2. The molecule has 0 bridgehead atoms. The predicted molar refractivity (Wildman–Crippen MR) is 156 cm³/mol. The number of aromatic nitrogens is 3. The number of carbonyl (C=O) groups is 2. The molecule has 2 N–H and O–H groups in total. The van der Waals surface area contributed by atoms with Crippen molar-refractivity contribution < 1.29 is 14.0 Å². The monoisotopic (exact) mass is 573 g/mol. The summed E-state index contributed by atoms with van der Waals surface area (Å²) < 4.78 is 18.4. The molecule has 1 fully saturated rings. The van der Waals surface area contributed by atoms with E-state index in [4.69, 9.17) is 0 Å². The van der Waals surface area contributed by atoms with Crippen LogP contribution in [0.3, 0.4) is 0 Å². The number of thiazole rings is 1. The lowest BCUT2D eigenvalue weighted by Crippen LogP contribution is -2.43. The second kappa shape index (κ2) is 10.2. The van der Waals surface area contributed by atoms with Crippen molar-refractivity contribution in [3.63, 3.8) is 0 Å². The van der Waals surface area contributed by atoms with Crippen LogP contribution in [-0.2, 0) is 22.6 Å².